The number of aromatic nitrogens is 2. The van der Waals surface area contributed by atoms with Crippen LogP contribution in [0, 0.1) is 6.92 Å². The van der Waals surface area contributed by atoms with Crippen molar-refractivity contribution in [2.75, 3.05) is 0 Å². The number of benzene rings is 2. The molecule has 2 nitrogen and oxygen atoms in total. The van der Waals surface area contributed by atoms with Crippen LogP contribution in [0.3, 0.4) is 0 Å². The third kappa shape index (κ3) is 2.34. The molecule has 0 N–H and O–H groups in total. The zero-order valence-corrected chi connectivity index (χ0v) is 12.3. The molecule has 3 rings (SSSR count). The van der Waals surface area contributed by atoms with Crippen molar-refractivity contribution >= 4 is 11.0 Å². The average molecular weight is 264 g/mol. The average Bonchev–Trinajstić information content (AvgIpc) is 2.78. The van der Waals surface area contributed by atoms with Crippen molar-refractivity contribution in [3.63, 3.8) is 0 Å². The van der Waals surface area contributed by atoms with E-state index in [1.54, 1.807) is 0 Å². The summed E-state index contributed by atoms with van der Waals surface area (Å²) in [6, 6.07) is 17.1. The Morgan fingerprint density at radius 2 is 1.85 bits per heavy atom. The summed E-state index contributed by atoms with van der Waals surface area (Å²) in [5.74, 6) is 1.58. The van der Waals surface area contributed by atoms with Crippen LogP contribution < -0.4 is 0 Å². The van der Waals surface area contributed by atoms with Crippen molar-refractivity contribution in [2.24, 2.45) is 0 Å². The van der Waals surface area contributed by atoms with E-state index < -0.39 is 0 Å². The van der Waals surface area contributed by atoms with Gasteiger partial charge >= 0.3 is 0 Å². The molecule has 1 heterocycles. The maximum Gasteiger partial charge on any atom is 0.112 e. The number of fused-ring (bicyclic) bond motifs is 1. The molecule has 3 aromatic rings. The molecule has 0 aliphatic rings. The van der Waals surface area contributed by atoms with Gasteiger partial charge < -0.3 is 4.57 Å². The molecule has 0 spiro atoms. The van der Waals surface area contributed by atoms with E-state index in [4.69, 9.17) is 4.98 Å². The second kappa shape index (κ2) is 5.12. The highest BCUT2D eigenvalue weighted by Gasteiger charge is 2.13. The van der Waals surface area contributed by atoms with Crippen LogP contribution in [0.1, 0.15) is 36.7 Å². The van der Waals surface area contributed by atoms with Gasteiger partial charge in [0.25, 0.3) is 0 Å². The minimum absolute atomic E-state index is 0.423. The Bertz CT molecular complexity index is 738. The summed E-state index contributed by atoms with van der Waals surface area (Å²) >= 11 is 0. The van der Waals surface area contributed by atoms with E-state index >= 15 is 0 Å². The Kier molecular flexibility index (Phi) is 3.31. The molecule has 0 unspecified atom stereocenters. The number of rotatable bonds is 3. The minimum Gasteiger partial charge on any atom is -0.323 e. The number of hydrogen-bond donors (Lipinski definition) is 0. The lowest BCUT2D eigenvalue weighted by Crippen LogP contribution is -2.06. The molecule has 0 radical (unpaired) electrons. The lowest BCUT2D eigenvalue weighted by atomic mass is 10.1. The summed E-state index contributed by atoms with van der Waals surface area (Å²) in [4.78, 5) is 4.79. The molecule has 2 heteroatoms. The maximum atomic E-state index is 4.79. The van der Waals surface area contributed by atoms with Gasteiger partial charge in [0.05, 0.1) is 11.0 Å². The first-order valence-corrected chi connectivity index (χ1v) is 7.16. The summed E-state index contributed by atoms with van der Waals surface area (Å²) in [6.45, 7) is 7.43. The van der Waals surface area contributed by atoms with Gasteiger partial charge in [0, 0.05) is 12.5 Å². The van der Waals surface area contributed by atoms with Crippen LogP contribution in [0.2, 0.25) is 0 Å². The van der Waals surface area contributed by atoms with Crippen LogP contribution in [0.4, 0.5) is 0 Å². The van der Waals surface area contributed by atoms with E-state index in [1.807, 2.05) is 0 Å². The van der Waals surface area contributed by atoms with E-state index in [9.17, 15) is 0 Å². The second-order valence-corrected chi connectivity index (χ2v) is 5.69. The zero-order chi connectivity index (χ0) is 14.1. The largest absolute Gasteiger partial charge is 0.323 e. The predicted molar refractivity (Wildman–Crippen MR) is 84.1 cm³/mol. The van der Waals surface area contributed by atoms with Crippen molar-refractivity contribution in [1.29, 1.82) is 0 Å². The van der Waals surface area contributed by atoms with Crippen LogP contribution in [0.15, 0.2) is 48.5 Å². The molecule has 0 aliphatic heterocycles. The Labute approximate surface area is 120 Å². The molecule has 1 aromatic heterocycles. The molecule has 0 fully saturated rings. The highest BCUT2D eigenvalue weighted by molar-refractivity contribution is 5.76. The van der Waals surface area contributed by atoms with Gasteiger partial charge in [-0.05, 0) is 24.6 Å². The number of hydrogen-bond acceptors (Lipinski definition) is 1. The minimum atomic E-state index is 0.423. The highest BCUT2D eigenvalue weighted by atomic mass is 15.1. The van der Waals surface area contributed by atoms with Crippen molar-refractivity contribution < 1.29 is 0 Å². The van der Waals surface area contributed by atoms with Crippen LogP contribution >= 0.6 is 0 Å². The summed E-state index contributed by atoms with van der Waals surface area (Å²) in [7, 11) is 0. The lowest BCUT2D eigenvalue weighted by Gasteiger charge is -2.12. The van der Waals surface area contributed by atoms with Gasteiger partial charge in [0.15, 0.2) is 0 Å². The Hall–Kier alpha value is -2.09. The molecule has 2 aromatic carbocycles. The van der Waals surface area contributed by atoms with E-state index in [-0.39, 0.29) is 0 Å². The maximum absolute atomic E-state index is 4.79. The van der Waals surface area contributed by atoms with Crippen LogP contribution in [-0.4, -0.2) is 9.55 Å². The van der Waals surface area contributed by atoms with Crippen LogP contribution in [-0.2, 0) is 6.54 Å². The Morgan fingerprint density at radius 1 is 1.05 bits per heavy atom. The molecular weight excluding hydrogens is 244 g/mol. The molecule has 0 aliphatic carbocycles. The van der Waals surface area contributed by atoms with E-state index in [0.717, 1.165) is 17.9 Å². The molecule has 0 saturated carbocycles. The molecular formula is C18H20N2. The van der Waals surface area contributed by atoms with Gasteiger partial charge in [-0.25, -0.2) is 4.98 Å². The number of nitrogens with zero attached hydrogens (tertiary/aromatic N) is 2. The first-order valence-electron chi connectivity index (χ1n) is 7.16. The number of imidazole rings is 1. The van der Waals surface area contributed by atoms with Crippen molar-refractivity contribution in [1.82, 2.24) is 9.55 Å². The van der Waals surface area contributed by atoms with Gasteiger partial charge in [-0.1, -0.05) is 55.8 Å². The molecule has 0 saturated heterocycles. The molecule has 0 amide bonds. The van der Waals surface area contributed by atoms with Crippen molar-refractivity contribution in [3.8, 4) is 0 Å². The fraction of sp³-hybridized carbons (Fsp3) is 0.278. The second-order valence-electron chi connectivity index (χ2n) is 5.69. The van der Waals surface area contributed by atoms with E-state index in [2.05, 4.69) is 73.9 Å². The first kappa shape index (κ1) is 12.9. The van der Waals surface area contributed by atoms with E-state index in [0.29, 0.717) is 5.92 Å². The standard InChI is InChI=1S/C18H20N2/c1-13(2)18-19-16-9-4-5-10-17(16)20(18)12-15-8-6-7-14(3)11-15/h4-11,13H,12H2,1-3H3. The third-order valence-corrected chi connectivity index (χ3v) is 3.62. The first-order chi connectivity index (χ1) is 9.65. The fourth-order valence-electron chi connectivity index (χ4n) is 2.69. The topological polar surface area (TPSA) is 17.8 Å². The summed E-state index contributed by atoms with van der Waals surface area (Å²) in [6.07, 6.45) is 0. The molecule has 0 bridgehead atoms. The summed E-state index contributed by atoms with van der Waals surface area (Å²) < 4.78 is 2.34. The van der Waals surface area contributed by atoms with Crippen molar-refractivity contribution in [2.45, 2.75) is 33.2 Å². The van der Waals surface area contributed by atoms with Gasteiger partial charge in [-0.15, -0.1) is 0 Å². The van der Waals surface area contributed by atoms with Crippen LogP contribution in [0.5, 0.6) is 0 Å². The van der Waals surface area contributed by atoms with Gasteiger partial charge in [0.1, 0.15) is 5.82 Å². The summed E-state index contributed by atoms with van der Waals surface area (Å²) in [5.41, 5.74) is 4.94. The quantitative estimate of drug-likeness (QED) is 0.680. The Balaban J connectivity index is 2.11. The highest BCUT2D eigenvalue weighted by Crippen LogP contribution is 2.23. The summed E-state index contributed by atoms with van der Waals surface area (Å²) in [5, 5.41) is 0. The van der Waals surface area contributed by atoms with Gasteiger partial charge in [-0.2, -0.15) is 0 Å². The Morgan fingerprint density at radius 3 is 2.60 bits per heavy atom. The molecule has 0 atom stereocenters. The number of para-hydroxylation sites is 2. The monoisotopic (exact) mass is 264 g/mol. The van der Waals surface area contributed by atoms with Gasteiger partial charge in [-0.3, -0.25) is 0 Å². The van der Waals surface area contributed by atoms with E-state index in [1.165, 1.54) is 16.6 Å². The molecule has 102 valence electrons. The third-order valence-electron chi connectivity index (χ3n) is 3.62. The smallest absolute Gasteiger partial charge is 0.112 e. The predicted octanol–water partition coefficient (Wildman–Crippen LogP) is 4.52. The lowest BCUT2D eigenvalue weighted by molar-refractivity contribution is 0.683. The fourth-order valence-corrected chi connectivity index (χ4v) is 2.69. The SMILES string of the molecule is Cc1cccc(Cn2c(C(C)C)nc3ccccc32)c1. The van der Waals surface area contributed by atoms with Crippen molar-refractivity contribution in [3.05, 3.63) is 65.5 Å². The van der Waals surface area contributed by atoms with Crippen LogP contribution in [0.25, 0.3) is 11.0 Å². The van der Waals surface area contributed by atoms with Gasteiger partial charge in [0.2, 0.25) is 0 Å². The molecule has 20 heavy (non-hydrogen) atoms. The zero-order valence-electron chi connectivity index (χ0n) is 12.3. The number of aryl methyl sites for hydroxylation is 1. The normalized spacial score (nSPS) is 11.4.